The highest BCUT2D eigenvalue weighted by atomic mass is 35.5. The van der Waals surface area contributed by atoms with Gasteiger partial charge in [0.25, 0.3) is 0 Å². The van der Waals surface area contributed by atoms with Crippen molar-refractivity contribution in [2.24, 2.45) is 0 Å². The van der Waals surface area contributed by atoms with Gasteiger partial charge in [-0.1, -0.05) is 17.7 Å². The van der Waals surface area contributed by atoms with Crippen molar-refractivity contribution >= 4 is 29.9 Å². The molecule has 1 aromatic rings. The molecule has 1 aliphatic heterocycles. The molecule has 0 atom stereocenters. The number of hydrogen-bond acceptors (Lipinski definition) is 3. The zero-order valence-electron chi connectivity index (χ0n) is 11.5. The van der Waals surface area contributed by atoms with Crippen LogP contribution in [0.5, 0.6) is 0 Å². The largest absolute Gasteiger partial charge is 0.496 e. The topological polar surface area (TPSA) is 30.5 Å². The van der Waals surface area contributed by atoms with Crippen molar-refractivity contribution in [1.29, 1.82) is 0 Å². The van der Waals surface area contributed by atoms with Crippen LogP contribution in [-0.4, -0.2) is 25.4 Å². The standard InChI is InChI=1S/C13H19BClNO2/c1-12(2)13(3,4)18-14(17-12)10-7-6-9(16-5)8-11(10)15/h6-8,16H,1-5H3. The lowest BCUT2D eigenvalue weighted by atomic mass is 9.79. The van der Waals surface area contributed by atoms with Crippen molar-refractivity contribution in [2.75, 3.05) is 12.4 Å². The normalized spacial score (nSPS) is 21.1. The van der Waals surface area contributed by atoms with Gasteiger partial charge in [0, 0.05) is 23.2 Å². The summed E-state index contributed by atoms with van der Waals surface area (Å²) in [5.74, 6) is 0. The Balaban J connectivity index is 2.30. The van der Waals surface area contributed by atoms with Crippen molar-refractivity contribution in [3.8, 4) is 0 Å². The third-order valence-corrected chi connectivity index (χ3v) is 4.12. The molecule has 1 aromatic carbocycles. The summed E-state index contributed by atoms with van der Waals surface area (Å²) in [6, 6.07) is 5.78. The summed E-state index contributed by atoms with van der Waals surface area (Å²) in [5.41, 5.74) is 1.15. The molecule has 0 unspecified atom stereocenters. The van der Waals surface area contributed by atoms with Crippen LogP contribution in [0, 0.1) is 0 Å². The SMILES string of the molecule is CNc1ccc(B2OC(C)(C)C(C)(C)O2)c(Cl)c1. The first-order valence-electron chi connectivity index (χ1n) is 6.10. The molecule has 0 saturated carbocycles. The molecule has 3 nitrogen and oxygen atoms in total. The van der Waals surface area contributed by atoms with Crippen LogP contribution < -0.4 is 10.8 Å². The van der Waals surface area contributed by atoms with E-state index in [9.17, 15) is 0 Å². The van der Waals surface area contributed by atoms with Gasteiger partial charge in [0.2, 0.25) is 0 Å². The second-order valence-electron chi connectivity index (χ2n) is 5.57. The van der Waals surface area contributed by atoms with E-state index in [1.54, 1.807) is 0 Å². The van der Waals surface area contributed by atoms with Crippen molar-refractivity contribution in [3.05, 3.63) is 23.2 Å². The van der Waals surface area contributed by atoms with Crippen LogP contribution in [0.15, 0.2) is 18.2 Å². The molecule has 1 heterocycles. The second-order valence-corrected chi connectivity index (χ2v) is 5.98. The Morgan fingerprint density at radius 3 is 2.11 bits per heavy atom. The molecule has 0 aliphatic carbocycles. The van der Waals surface area contributed by atoms with E-state index in [4.69, 9.17) is 20.9 Å². The van der Waals surface area contributed by atoms with E-state index in [2.05, 4.69) is 5.32 Å². The molecule has 1 saturated heterocycles. The average molecular weight is 268 g/mol. The molecule has 0 spiro atoms. The van der Waals surface area contributed by atoms with Gasteiger partial charge in [-0.3, -0.25) is 0 Å². The summed E-state index contributed by atoms with van der Waals surface area (Å²) in [6.07, 6.45) is 0. The predicted octanol–water partition coefficient (Wildman–Crippen LogP) is 2.68. The van der Waals surface area contributed by atoms with E-state index < -0.39 is 7.12 Å². The van der Waals surface area contributed by atoms with Gasteiger partial charge in [-0.2, -0.15) is 0 Å². The van der Waals surface area contributed by atoms with Crippen molar-refractivity contribution in [1.82, 2.24) is 0 Å². The maximum atomic E-state index is 6.27. The van der Waals surface area contributed by atoms with Gasteiger partial charge in [-0.25, -0.2) is 0 Å². The van der Waals surface area contributed by atoms with Crippen LogP contribution in [0.2, 0.25) is 5.02 Å². The molecule has 1 aliphatic rings. The highest BCUT2D eigenvalue weighted by Gasteiger charge is 2.52. The Kier molecular flexibility index (Phi) is 3.39. The lowest BCUT2D eigenvalue weighted by molar-refractivity contribution is 0.00578. The molecule has 5 heteroatoms. The molecule has 1 fully saturated rings. The van der Waals surface area contributed by atoms with Gasteiger partial charge in [0.1, 0.15) is 0 Å². The van der Waals surface area contributed by atoms with Gasteiger partial charge in [-0.05, 0) is 39.8 Å². The number of rotatable bonds is 2. The summed E-state index contributed by atoms with van der Waals surface area (Å²) in [6.45, 7) is 8.12. The lowest BCUT2D eigenvalue weighted by Crippen LogP contribution is -2.41. The van der Waals surface area contributed by atoms with Gasteiger partial charge >= 0.3 is 7.12 Å². The minimum atomic E-state index is -0.409. The highest BCUT2D eigenvalue weighted by molar-refractivity contribution is 6.65. The van der Waals surface area contributed by atoms with Crippen LogP contribution in [0.25, 0.3) is 0 Å². The molecule has 0 amide bonds. The summed E-state index contributed by atoms with van der Waals surface area (Å²) < 4.78 is 12.0. The Morgan fingerprint density at radius 1 is 1.11 bits per heavy atom. The summed E-state index contributed by atoms with van der Waals surface area (Å²) in [7, 11) is 1.45. The van der Waals surface area contributed by atoms with E-state index in [1.165, 1.54) is 0 Å². The van der Waals surface area contributed by atoms with Gasteiger partial charge in [0.15, 0.2) is 0 Å². The minimum Gasteiger partial charge on any atom is -0.399 e. The molecule has 0 aromatic heterocycles. The lowest BCUT2D eigenvalue weighted by Gasteiger charge is -2.32. The van der Waals surface area contributed by atoms with Crippen LogP contribution >= 0.6 is 11.6 Å². The summed E-state index contributed by atoms with van der Waals surface area (Å²) in [4.78, 5) is 0. The molecular formula is C13H19BClNO2. The molecule has 2 rings (SSSR count). The second kappa shape index (κ2) is 4.44. The Hall–Kier alpha value is -0.705. The summed E-state index contributed by atoms with van der Waals surface area (Å²) >= 11 is 6.27. The Morgan fingerprint density at radius 2 is 1.67 bits per heavy atom. The Labute approximate surface area is 114 Å². The van der Waals surface area contributed by atoms with Gasteiger partial charge in [-0.15, -0.1) is 0 Å². The van der Waals surface area contributed by atoms with Crippen molar-refractivity contribution in [2.45, 2.75) is 38.9 Å². The minimum absolute atomic E-state index is 0.345. The Bertz CT molecular complexity index is 446. The van der Waals surface area contributed by atoms with Crippen LogP contribution in [0.1, 0.15) is 27.7 Å². The third-order valence-electron chi connectivity index (χ3n) is 3.80. The molecular weight excluding hydrogens is 248 g/mol. The zero-order chi connectivity index (χ0) is 13.6. The monoisotopic (exact) mass is 267 g/mol. The average Bonchev–Trinajstić information content (AvgIpc) is 2.47. The summed E-state index contributed by atoms with van der Waals surface area (Å²) in [5, 5.41) is 3.71. The van der Waals surface area contributed by atoms with Crippen LogP contribution in [0.4, 0.5) is 5.69 Å². The van der Waals surface area contributed by atoms with Crippen LogP contribution in [0.3, 0.4) is 0 Å². The predicted molar refractivity (Wildman–Crippen MR) is 76.7 cm³/mol. The first-order valence-corrected chi connectivity index (χ1v) is 6.47. The number of halogens is 1. The number of anilines is 1. The maximum Gasteiger partial charge on any atom is 0.496 e. The van der Waals surface area contributed by atoms with Crippen molar-refractivity contribution in [3.63, 3.8) is 0 Å². The number of benzene rings is 1. The molecule has 0 radical (unpaired) electrons. The van der Waals surface area contributed by atoms with E-state index in [0.29, 0.717) is 5.02 Å². The molecule has 18 heavy (non-hydrogen) atoms. The quantitative estimate of drug-likeness (QED) is 0.836. The fraction of sp³-hybridized carbons (Fsp3) is 0.538. The molecule has 0 bridgehead atoms. The third kappa shape index (κ3) is 2.25. The fourth-order valence-electron chi connectivity index (χ4n) is 1.84. The van der Waals surface area contributed by atoms with Crippen LogP contribution in [-0.2, 0) is 9.31 Å². The molecule has 98 valence electrons. The van der Waals surface area contributed by atoms with E-state index in [1.807, 2.05) is 52.9 Å². The highest BCUT2D eigenvalue weighted by Crippen LogP contribution is 2.37. The fourth-order valence-corrected chi connectivity index (χ4v) is 2.11. The smallest absolute Gasteiger partial charge is 0.399 e. The van der Waals surface area contributed by atoms with Gasteiger partial charge < -0.3 is 14.6 Å². The first-order chi connectivity index (χ1) is 8.27. The maximum absolute atomic E-state index is 6.27. The molecule has 1 N–H and O–H groups in total. The van der Waals surface area contributed by atoms with Crippen molar-refractivity contribution < 1.29 is 9.31 Å². The van der Waals surface area contributed by atoms with Gasteiger partial charge in [0.05, 0.1) is 11.2 Å². The van der Waals surface area contributed by atoms with E-state index >= 15 is 0 Å². The van der Waals surface area contributed by atoms with E-state index in [0.717, 1.165) is 11.2 Å². The zero-order valence-corrected chi connectivity index (χ0v) is 12.3. The number of hydrogen-bond donors (Lipinski definition) is 1. The van der Waals surface area contributed by atoms with E-state index in [-0.39, 0.29) is 11.2 Å². The number of nitrogens with one attached hydrogen (secondary N) is 1. The first kappa shape index (κ1) is 13.7.